The minimum absolute atomic E-state index is 0.00157. The largest absolute Gasteiger partial charge is 0.434 e. The highest BCUT2D eigenvalue weighted by molar-refractivity contribution is 5.33. The lowest BCUT2D eigenvalue weighted by Crippen LogP contribution is -2.30. The van der Waals surface area contributed by atoms with Crippen molar-refractivity contribution >= 4 is 0 Å². The van der Waals surface area contributed by atoms with Crippen molar-refractivity contribution in [3.05, 3.63) is 29.8 Å². The standard InChI is InChI=1S/C13H19F2NO3/c1-18-9-7-16(6-8-17)10-11-4-2-3-5-12(11)19-13(14)15/h2-5,13,17H,6-10H2,1H3. The van der Waals surface area contributed by atoms with E-state index < -0.39 is 6.61 Å². The van der Waals surface area contributed by atoms with Crippen LogP contribution in [0.15, 0.2) is 24.3 Å². The van der Waals surface area contributed by atoms with Gasteiger partial charge in [-0.2, -0.15) is 8.78 Å². The van der Waals surface area contributed by atoms with Gasteiger partial charge < -0.3 is 14.6 Å². The summed E-state index contributed by atoms with van der Waals surface area (Å²) in [5, 5.41) is 9.00. The number of halogens is 2. The van der Waals surface area contributed by atoms with Crippen LogP contribution in [0.4, 0.5) is 8.78 Å². The Morgan fingerprint density at radius 3 is 2.63 bits per heavy atom. The number of ether oxygens (including phenoxy) is 2. The third kappa shape index (κ3) is 5.96. The number of methoxy groups -OCH3 is 1. The van der Waals surface area contributed by atoms with Crippen LogP contribution in [0.2, 0.25) is 0 Å². The maximum absolute atomic E-state index is 12.3. The van der Waals surface area contributed by atoms with Gasteiger partial charge in [-0.1, -0.05) is 18.2 Å². The summed E-state index contributed by atoms with van der Waals surface area (Å²) in [5.74, 6) is 0.165. The maximum atomic E-state index is 12.3. The van der Waals surface area contributed by atoms with Crippen LogP contribution < -0.4 is 4.74 Å². The number of aliphatic hydroxyl groups is 1. The molecule has 1 aromatic carbocycles. The summed E-state index contributed by atoms with van der Waals surface area (Å²) in [6.07, 6.45) is 0. The van der Waals surface area contributed by atoms with Crippen LogP contribution in [0.3, 0.4) is 0 Å². The molecule has 0 aliphatic rings. The molecule has 0 fully saturated rings. The van der Waals surface area contributed by atoms with Crippen molar-refractivity contribution in [3.8, 4) is 5.75 Å². The predicted octanol–water partition coefficient (Wildman–Crippen LogP) is 1.73. The Morgan fingerprint density at radius 1 is 1.26 bits per heavy atom. The second kappa shape index (κ2) is 8.79. The molecule has 0 amide bonds. The van der Waals surface area contributed by atoms with Crippen LogP contribution in [-0.2, 0) is 11.3 Å². The minimum Gasteiger partial charge on any atom is -0.434 e. The first-order valence-electron chi connectivity index (χ1n) is 6.02. The number of aliphatic hydroxyl groups excluding tert-OH is 1. The molecule has 1 rings (SSSR count). The van der Waals surface area contributed by atoms with Gasteiger partial charge in [-0.05, 0) is 6.07 Å². The van der Waals surface area contributed by atoms with Crippen LogP contribution in [0.1, 0.15) is 5.56 Å². The zero-order chi connectivity index (χ0) is 14.1. The van der Waals surface area contributed by atoms with Gasteiger partial charge in [0.2, 0.25) is 0 Å². The summed E-state index contributed by atoms with van der Waals surface area (Å²) in [4.78, 5) is 1.91. The SMILES string of the molecule is COCCN(CCO)Cc1ccccc1OC(F)F. The number of benzene rings is 1. The van der Waals surface area contributed by atoms with Crippen LogP contribution >= 0.6 is 0 Å². The van der Waals surface area contributed by atoms with Crippen molar-refractivity contribution in [2.45, 2.75) is 13.2 Å². The Balaban J connectivity index is 2.71. The van der Waals surface area contributed by atoms with E-state index in [0.717, 1.165) is 0 Å². The maximum Gasteiger partial charge on any atom is 0.387 e. The number of nitrogens with zero attached hydrogens (tertiary/aromatic N) is 1. The molecule has 1 N–H and O–H groups in total. The van der Waals surface area contributed by atoms with Crippen molar-refractivity contribution in [1.82, 2.24) is 4.90 Å². The molecule has 108 valence electrons. The third-order valence-corrected chi connectivity index (χ3v) is 2.61. The van der Waals surface area contributed by atoms with E-state index in [0.29, 0.717) is 31.8 Å². The molecule has 0 aliphatic heterocycles. The average molecular weight is 275 g/mol. The van der Waals surface area contributed by atoms with Crippen molar-refractivity contribution in [3.63, 3.8) is 0 Å². The van der Waals surface area contributed by atoms with Gasteiger partial charge >= 0.3 is 6.61 Å². The summed E-state index contributed by atoms with van der Waals surface area (Å²) in [6, 6.07) is 6.65. The van der Waals surface area contributed by atoms with E-state index in [4.69, 9.17) is 9.84 Å². The molecular formula is C13H19F2NO3. The normalized spacial score (nSPS) is 11.3. The Bertz CT molecular complexity index is 363. The molecule has 0 aliphatic carbocycles. The molecule has 6 heteroatoms. The van der Waals surface area contributed by atoms with Gasteiger partial charge in [-0.15, -0.1) is 0 Å². The third-order valence-electron chi connectivity index (χ3n) is 2.61. The van der Waals surface area contributed by atoms with E-state index >= 15 is 0 Å². The molecular weight excluding hydrogens is 256 g/mol. The Labute approximate surface area is 111 Å². The highest BCUT2D eigenvalue weighted by Crippen LogP contribution is 2.21. The average Bonchev–Trinajstić information content (AvgIpc) is 2.38. The molecule has 0 saturated heterocycles. The number of para-hydroxylation sites is 1. The van der Waals surface area contributed by atoms with E-state index in [1.54, 1.807) is 25.3 Å². The van der Waals surface area contributed by atoms with Crippen molar-refractivity contribution in [1.29, 1.82) is 0 Å². The van der Waals surface area contributed by atoms with Crippen LogP contribution in [0, 0.1) is 0 Å². The molecule has 0 radical (unpaired) electrons. The van der Waals surface area contributed by atoms with Gasteiger partial charge in [0.25, 0.3) is 0 Å². The quantitative estimate of drug-likeness (QED) is 0.745. The molecule has 1 aromatic rings. The van der Waals surface area contributed by atoms with Gasteiger partial charge in [0.15, 0.2) is 0 Å². The topological polar surface area (TPSA) is 41.9 Å². The van der Waals surface area contributed by atoms with Crippen molar-refractivity contribution in [2.24, 2.45) is 0 Å². The summed E-state index contributed by atoms with van der Waals surface area (Å²) in [7, 11) is 1.59. The molecule has 0 unspecified atom stereocenters. The van der Waals surface area contributed by atoms with Crippen LogP contribution in [0.5, 0.6) is 5.75 Å². The molecule has 0 atom stereocenters. The van der Waals surface area contributed by atoms with E-state index in [-0.39, 0.29) is 12.4 Å². The van der Waals surface area contributed by atoms with Crippen LogP contribution in [0.25, 0.3) is 0 Å². The lowest BCUT2D eigenvalue weighted by Gasteiger charge is -2.22. The molecule has 19 heavy (non-hydrogen) atoms. The second-order valence-electron chi connectivity index (χ2n) is 3.98. The molecule has 0 heterocycles. The van der Waals surface area contributed by atoms with Gasteiger partial charge in [0.1, 0.15) is 5.75 Å². The fraction of sp³-hybridized carbons (Fsp3) is 0.538. The highest BCUT2D eigenvalue weighted by Gasteiger charge is 2.12. The van der Waals surface area contributed by atoms with E-state index in [1.165, 1.54) is 6.07 Å². The lowest BCUT2D eigenvalue weighted by molar-refractivity contribution is -0.0508. The number of hydrogen-bond acceptors (Lipinski definition) is 4. The van der Waals surface area contributed by atoms with Gasteiger partial charge in [0.05, 0.1) is 13.2 Å². The molecule has 4 nitrogen and oxygen atoms in total. The van der Waals surface area contributed by atoms with E-state index in [2.05, 4.69) is 4.74 Å². The zero-order valence-electron chi connectivity index (χ0n) is 10.9. The Hall–Kier alpha value is -1.24. The van der Waals surface area contributed by atoms with E-state index in [9.17, 15) is 8.78 Å². The fourth-order valence-electron chi connectivity index (χ4n) is 1.72. The van der Waals surface area contributed by atoms with Crippen LogP contribution in [-0.4, -0.2) is 50.0 Å². The Morgan fingerprint density at radius 2 is 2.00 bits per heavy atom. The fourth-order valence-corrected chi connectivity index (χ4v) is 1.72. The number of rotatable bonds is 9. The smallest absolute Gasteiger partial charge is 0.387 e. The molecule has 0 spiro atoms. The summed E-state index contributed by atoms with van der Waals surface area (Å²) < 4.78 is 34.0. The first kappa shape index (κ1) is 15.8. The minimum atomic E-state index is -2.84. The van der Waals surface area contributed by atoms with Crippen molar-refractivity contribution < 1.29 is 23.4 Å². The Kier molecular flexibility index (Phi) is 7.32. The summed E-state index contributed by atoms with van der Waals surface area (Å²) in [6.45, 7) is -0.843. The zero-order valence-corrected chi connectivity index (χ0v) is 10.9. The van der Waals surface area contributed by atoms with Crippen molar-refractivity contribution in [2.75, 3.05) is 33.4 Å². The summed E-state index contributed by atoms with van der Waals surface area (Å²) >= 11 is 0. The highest BCUT2D eigenvalue weighted by atomic mass is 19.3. The second-order valence-corrected chi connectivity index (χ2v) is 3.98. The molecule has 0 saturated carbocycles. The summed E-state index contributed by atoms with van der Waals surface area (Å²) in [5.41, 5.74) is 0.660. The monoisotopic (exact) mass is 275 g/mol. The molecule has 0 aromatic heterocycles. The number of hydrogen-bond donors (Lipinski definition) is 1. The van der Waals surface area contributed by atoms with Gasteiger partial charge in [-0.3, -0.25) is 4.90 Å². The van der Waals surface area contributed by atoms with Gasteiger partial charge in [-0.25, -0.2) is 0 Å². The lowest BCUT2D eigenvalue weighted by atomic mass is 10.2. The van der Waals surface area contributed by atoms with E-state index in [1.807, 2.05) is 4.90 Å². The first-order valence-corrected chi connectivity index (χ1v) is 6.02. The first-order chi connectivity index (χ1) is 9.17. The van der Waals surface area contributed by atoms with Gasteiger partial charge in [0, 0.05) is 32.3 Å². The molecule has 0 bridgehead atoms. The predicted molar refractivity (Wildman–Crippen MR) is 67.3 cm³/mol. The number of alkyl halides is 2.